The molecule has 1 rings (SSSR count). The van der Waals surface area contributed by atoms with E-state index in [1.54, 1.807) is 0 Å². The Labute approximate surface area is 113 Å². The molecule has 1 aromatic carbocycles. The first kappa shape index (κ1) is 15.2. The molecule has 1 atom stereocenters. The first-order valence-corrected chi connectivity index (χ1v) is 6.45. The van der Waals surface area contributed by atoms with Crippen LogP contribution in [0, 0.1) is 0 Å². The van der Waals surface area contributed by atoms with Gasteiger partial charge in [-0.05, 0) is 19.4 Å². The molecule has 0 aromatic heterocycles. The van der Waals surface area contributed by atoms with Crippen molar-refractivity contribution in [3.63, 3.8) is 0 Å². The Balaban J connectivity index is 2.25. The van der Waals surface area contributed by atoms with Gasteiger partial charge in [0, 0.05) is 12.6 Å². The van der Waals surface area contributed by atoms with Gasteiger partial charge in [-0.1, -0.05) is 30.3 Å². The largest absolute Gasteiger partial charge is 0.355 e. The third-order valence-corrected chi connectivity index (χ3v) is 2.69. The van der Waals surface area contributed by atoms with E-state index in [4.69, 9.17) is 0 Å². The molecule has 104 valence electrons. The van der Waals surface area contributed by atoms with Crippen LogP contribution in [0.5, 0.6) is 0 Å². The van der Waals surface area contributed by atoms with Gasteiger partial charge in [-0.15, -0.1) is 0 Å². The zero-order valence-electron chi connectivity index (χ0n) is 11.4. The summed E-state index contributed by atoms with van der Waals surface area (Å²) in [6, 6.07) is 9.98. The second-order valence-corrected chi connectivity index (χ2v) is 4.24. The monoisotopic (exact) mass is 263 g/mol. The number of hydrogen-bond donors (Lipinski definition) is 3. The summed E-state index contributed by atoms with van der Waals surface area (Å²) in [5.74, 6) is -0.360. The predicted molar refractivity (Wildman–Crippen MR) is 74.6 cm³/mol. The maximum Gasteiger partial charge on any atom is 0.239 e. The van der Waals surface area contributed by atoms with E-state index in [2.05, 4.69) is 16.0 Å². The van der Waals surface area contributed by atoms with Crippen molar-refractivity contribution in [2.45, 2.75) is 19.9 Å². The fourth-order valence-corrected chi connectivity index (χ4v) is 1.61. The predicted octanol–water partition coefficient (Wildman–Crippen LogP) is 0.590. The molecule has 0 bridgehead atoms. The van der Waals surface area contributed by atoms with Crippen LogP contribution in [0.3, 0.4) is 0 Å². The standard InChI is InChI=1S/C14H21N3O2/c1-3-15-13(18)10-17-14(19)9-16-11(2)12-7-5-4-6-8-12/h4-8,11,16H,3,9-10H2,1-2H3,(H,15,18)(H,17,19)/t11-/m1/s1. The van der Waals surface area contributed by atoms with Crippen LogP contribution < -0.4 is 16.0 Å². The molecule has 0 fully saturated rings. The van der Waals surface area contributed by atoms with Crippen LogP contribution >= 0.6 is 0 Å². The molecule has 0 unspecified atom stereocenters. The first-order chi connectivity index (χ1) is 9.13. The number of hydrogen-bond acceptors (Lipinski definition) is 3. The molecule has 1 aromatic rings. The highest BCUT2D eigenvalue weighted by atomic mass is 16.2. The third-order valence-electron chi connectivity index (χ3n) is 2.69. The zero-order chi connectivity index (χ0) is 14.1. The summed E-state index contributed by atoms with van der Waals surface area (Å²) in [5.41, 5.74) is 1.12. The van der Waals surface area contributed by atoms with Gasteiger partial charge in [-0.2, -0.15) is 0 Å². The van der Waals surface area contributed by atoms with Crippen LogP contribution in [-0.4, -0.2) is 31.4 Å². The molecule has 0 aliphatic rings. The second kappa shape index (κ2) is 8.26. The Morgan fingerprint density at radius 1 is 1.05 bits per heavy atom. The lowest BCUT2D eigenvalue weighted by Crippen LogP contribution is -2.41. The maximum absolute atomic E-state index is 11.5. The minimum absolute atomic E-state index is 0.0219. The molecule has 0 heterocycles. The van der Waals surface area contributed by atoms with E-state index in [9.17, 15) is 9.59 Å². The summed E-state index contributed by atoms with van der Waals surface area (Å²) in [7, 11) is 0. The van der Waals surface area contributed by atoms with Gasteiger partial charge < -0.3 is 16.0 Å². The van der Waals surface area contributed by atoms with E-state index in [1.165, 1.54) is 0 Å². The minimum Gasteiger partial charge on any atom is -0.355 e. The molecule has 5 nitrogen and oxygen atoms in total. The van der Waals surface area contributed by atoms with Crippen LogP contribution in [0.2, 0.25) is 0 Å². The number of carbonyl (C=O) groups is 2. The summed E-state index contributed by atoms with van der Waals surface area (Å²) < 4.78 is 0. The van der Waals surface area contributed by atoms with Crippen LogP contribution in [0.1, 0.15) is 25.5 Å². The van der Waals surface area contributed by atoms with Gasteiger partial charge in [0.15, 0.2) is 0 Å². The number of benzene rings is 1. The molecule has 5 heteroatoms. The van der Waals surface area contributed by atoms with Gasteiger partial charge in [-0.3, -0.25) is 9.59 Å². The lowest BCUT2D eigenvalue weighted by molar-refractivity contribution is -0.125. The summed E-state index contributed by atoms with van der Waals surface area (Å²) in [4.78, 5) is 22.7. The van der Waals surface area contributed by atoms with Crippen molar-refractivity contribution >= 4 is 11.8 Å². The van der Waals surface area contributed by atoms with Crippen molar-refractivity contribution in [1.29, 1.82) is 0 Å². The van der Waals surface area contributed by atoms with Crippen LogP contribution in [-0.2, 0) is 9.59 Å². The number of likely N-dealkylation sites (N-methyl/N-ethyl adjacent to an activating group) is 1. The summed E-state index contributed by atoms with van der Waals surface area (Å²) in [6.07, 6.45) is 0. The highest BCUT2D eigenvalue weighted by Crippen LogP contribution is 2.10. The average molecular weight is 263 g/mol. The highest BCUT2D eigenvalue weighted by molar-refractivity contribution is 5.85. The smallest absolute Gasteiger partial charge is 0.239 e. The van der Waals surface area contributed by atoms with Gasteiger partial charge in [0.25, 0.3) is 0 Å². The Bertz CT molecular complexity index is 406. The number of nitrogens with one attached hydrogen (secondary N) is 3. The Morgan fingerprint density at radius 2 is 1.68 bits per heavy atom. The fourth-order valence-electron chi connectivity index (χ4n) is 1.61. The van der Waals surface area contributed by atoms with Crippen LogP contribution in [0.4, 0.5) is 0 Å². The van der Waals surface area contributed by atoms with Crippen molar-refractivity contribution in [3.8, 4) is 0 Å². The molecule has 2 amide bonds. The van der Waals surface area contributed by atoms with E-state index in [0.29, 0.717) is 6.54 Å². The van der Waals surface area contributed by atoms with Crippen molar-refractivity contribution in [1.82, 2.24) is 16.0 Å². The average Bonchev–Trinajstić information content (AvgIpc) is 2.44. The van der Waals surface area contributed by atoms with E-state index >= 15 is 0 Å². The first-order valence-electron chi connectivity index (χ1n) is 6.45. The second-order valence-electron chi connectivity index (χ2n) is 4.24. The fraction of sp³-hybridized carbons (Fsp3) is 0.429. The number of carbonyl (C=O) groups excluding carboxylic acids is 2. The lowest BCUT2D eigenvalue weighted by atomic mass is 10.1. The number of rotatable bonds is 7. The van der Waals surface area contributed by atoms with Gasteiger partial charge in [0.05, 0.1) is 13.1 Å². The van der Waals surface area contributed by atoms with Gasteiger partial charge in [-0.25, -0.2) is 0 Å². The van der Waals surface area contributed by atoms with Crippen molar-refractivity contribution in [2.24, 2.45) is 0 Å². The third kappa shape index (κ3) is 6.01. The van der Waals surface area contributed by atoms with Gasteiger partial charge in [0.2, 0.25) is 11.8 Å². The molecular formula is C14H21N3O2. The molecule has 0 saturated carbocycles. The van der Waals surface area contributed by atoms with Crippen molar-refractivity contribution in [2.75, 3.05) is 19.6 Å². The Morgan fingerprint density at radius 3 is 2.32 bits per heavy atom. The summed E-state index contributed by atoms with van der Waals surface area (Å²) in [5, 5.41) is 8.29. The highest BCUT2D eigenvalue weighted by Gasteiger charge is 2.08. The van der Waals surface area contributed by atoms with E-state index < -0.39 is 0 Å². The molecule has 3 N–H and O–H groups in total. The summed E-state index contributed by atoms with van der Waals surface area (Å²) in [6.45, 7) is 4.61. The molecule has 0 aliphatic heterocycles. The van der Waals surface area contributed by atoms with Crippen molar-refractivity contribution < 1.29 is 9.59 Å². The van der Waals surface area contributed by atoms with E-state index in [1.807, 2.05) is 44.2 Å². The van der Waals surface area contributed by atoms with Crippen LogP contribution in [0.25, 0.3) is 0 Å². The van der Waals surface area contributed by atoms with Gasteiger partial charge >= 0.3 is 0 Å². The topological polar surface area (TPSA) is 70.2 Å². The van der Waals surface area contributed by atoms with E-state index in [0.717, 1.165) is 5.56 Å². The molecule has 0 saturated heterocycles. The number of amides is 2. The molecular weight excluding hydrogens is 242 g/mol. The lowest BCUT2D eigenvalue weighted by Gasteiger charge is -2.13. The zero-order valence-corrected chi connectivity index (χ0v) is 11.4. The molecule has 0 radical (unpaired) electrons. The molecule has 0 spiro atoms. The maximum atomic E-state index is 11.5. The molecule has 19 heavy (non-hydrogen) atoms. The Hall–Kier alpha value is -1.88. The summed E-state index contributed by atoms with van der Waals surface area (Å²) >= 11 is 0. The Kier molecular flexibility index (Phi) is 6.60. The normalized spacial score (nSPS) is 11.7. The van der Waals surface area contributed by atoms with Gasteiger partial charge in [0.1, 0.15) is 0 Å². The van der Waals surface area contributed by atoms with E-state index in [-0.39, 0.29) is 30.9 Å². The molecule has 0 aliphatic carbocycles. The van der Waals surface area contributed by atoms with Crippen LogP contribution in [0.15, 0.2) is 30.3 Å². The SMILES string of the molecule is CCNC(=O)CNC(=O)CN[C@H](C)c1ccccc1. The quantitative estimate of drug-likeness (QED) is 0.674. The van der Waals surface area contributed by atoms with Crippen molar-refractivity contribution in [3.05, 3.63) is 35.9 Å². The minimum atomic E-state index is -0.186.